The SMILES string of the molecule is CCOc1ccc(CN(CC)C(=O)C2CCN(S(=O)(=O)c3cccnc3)CC2)cc1OC. The van der Waals surface area contributed by atoms with Gasteiger partial charge in [0, 0.05) is 44.5 Å². The van der Waals surface area contributed by atoms with Crippen LogP contribution in [0.15, 0.2) is 47.6 Å². The summed E-state index contributed by atoms with van der Waals surface area (Å²) in [6, 6.07) is 8.84. The fourth-order valence-corrected chi connectivity index (χ4v) is 5.34. The lowest BCUT2D eigenvalue weighted by molar-refractivity contribution is -0.137. The molecule has 2 aromatic rings. The number of methoxy groups -OCH3 is 1. The van der Waals surface area contributed by atoms with Crippen molar-refractivity contribution >= 4 is 15.9 Å². The number of pyridine rings is 1. The maximum absolute atomic E-state index is 13.2. The molecule has 0 saturated carbocycles. The molecular weight excluding hydrogens is 430 g/mol. The molecule has 0 spiro atoms. The number of carbonyl (C=O) groups is 1. The van der Waals surface area contributed by atoms with Crippen LogP contribution in [0.3, 0.4) is 0 Å². The molecule has 1 aromatic heterocycles. The van der Waals surface area contributed by atoms with E-state index in [-0.39, 0.29) is 16.7 Å². The minimum atomic E-state index is -3.58. The van der Waals surface area contributed by atoms with Crippen molar-refractivity contribution in [3.05, 3.63) is 48.3 Å². The van der Waals surface area contributed by atoms with Crippen molar-refractivity contribution in [1.82, 2.24) is 14.2 Å². The molecule has 0 aliphatic carbocycles. The van der Waals surface area contributed by atoms with Crippen LogP contribution in [0.4, 0.5) is 0 Å². The second kappa shape index (κ2) is 10.8. The lowest BCUT2D eigenvalue weighted by atomic mass is 9.96. The minimum absolute atomic E-state index is 0.0544. The Balaban J connectivity index is 1.63. The Morgan fingerprint density at radius 1 is 1.19 bits per heavy atom. The average molecular weight is 462 g/mol. The third kappa shape index (κ3) is 5.39. The summed E-state index contributed by atoms with van der Waals surface area (Å²) >= 11 is 0. The van der Waals surface area contributed by atoms with E-state index in [9.17, 15) is 13.2 Å². The van der Waals surface area contributed by atoms with Gasteiger partial charge in [0.2, 0.25) is 15.9 Å². The van der Waals surface area contributed by atoms with Gasteiger partial charge < -0.3 is 14.4 Å². The zero-order valence-corrected chi connectivity index (χ0v) is 19.7. The maximum Gasteiger partial charge on any atom is 0.244 e. The maximum atomic E-state index is 13.2. The minimum Gasteiger partial charge on any atom is -0.493 e. The topological polar surface area (TPSA) is 89.0 Å². The van der Waals surface area contributed by atoms with Crippen LogP contribution in [0.2, 0.25) is 0 Å². The third-order valence-electron chi connectivity index (χ3n) is 5.67. The Hall–Kier alpha value is -2.65. The second-order valence-corrected chi connectivity index (χ2v) is 9.58. The van der Waals surface area contributed by atoms with Crippen LogP contribution in [0.5, 0.6) is 11.5 Å². The predicted molar refractivity (Wildman–Crippen MR) is 121 cm³/mol. The molecule has 0 radical (unpaired) electrons. The number of piperidine rings is 1. The molecular formula is C23H31N3O5S. The fourth-order valence-electron chi connectivity index (χ4n) is 3.90. The zero-order chi connectivity index (χ0) is 23.1. The number of nitrogens with zero attached hydrogens (tertiary/aromatic N) is 3. The molecule has 0 bridgehead atoms. The number of hydrogen-bond acceptors (Lipinski definition) is 6. The van der Waals surface area contributed by atoms with Crippen molar-refractivity contribution in [2.24, 2.45) is 5.92 Å². The van der Waals surface area contributed by atoms with Gasteiger partial charge in [-0.25, -0.2) is 8.42 Å². The molecule has 32 heavy (non-hydrogen) atoms. The van der Waals surface area contributed by atoms with Crippen molar-refractivity contribution in [1.29, 1.82) is 0 Å². The number of rotatable bonds is 9. The molecule has 1 aliphatic heterocycles. The van der Waals surface area contributed by atoms with Gasteiger partial charge in [-0.3, -0.25) is 9.78 Å². The van der Waals surface area contributed by atoms with Gasteiger partial charge in [0.05, 0.1) is 13.7 Å². The number of ether oxygens (including phenoxy) is 2. The molecule has 0 N–H and O–H groups in total. The monoisotopic (exact) mass is 461 g/mol. The van der Waals surface area contributed by atoms with E-state index >= 15 is 0 Å². The molecule has 174 valence electrons. The summed E-state index contributed by atoms with van der Waals surface area (Å²) in [6.07, 6.45) is 3.91. The first-order valence-electron chi connectivity index (χ1n) is 10.9. The van der Waals surface area contributed by atoms with Crippen molar-refractivity contribution in [2.45, 2.75) is 38.1 Å². The molecule has 3 rings (SSSR count). The lowest BCUT2D eigenvalue weighted by Crippen LogP contribution is -2.44. The van der Waals surface area contributed by atoms with Crippen LogP contribution in [0, 0.1) is 5.92 Å². The van der Waals surface area contributed by atoms with Gasteiger partial charge in [0.25, 0.3) is 0 Å². The molecule has 0 unspecified atom stereocenters. The lowest BCUT2D eigenvalue weighted by Gasteiger charge is -2.33. The van der Waals surface area contributed by atoms with Gasteiger partial charge in [-0.2, -0.15) is 4.31 Å². The van der Waals surface area contributed by atoms with E-state index < -0.39 is 10.0 Å². The summed E-state index contributed by atoms with van der Waals surface area (Å²) in [6.45, 7) is 6.09. The number of benzene rings is 1. The Bertz CT molecular complexity index is 1010. The third-order valence-corrected chi connectivity index (χ3v) is 7.55. The molecule has 1 fully saturated rings. The Morgan fingerprint density at radius 3 is 2.53 bits per heavy atom. The van der Waals surface area contributed by atoms with Gasteiger partial charge in [0.1, 0.15) is 4.90 Å². The molecule has 1 saturated heterocycles. The van der Waals surface area contributed by atoms with Gasteiger partial charge >= 0.3 is 0 Å². The Kier molecular flexibility index (Phi) is 8.09. The van der Waals surface area contributed by atoms with Crippen molar-refractivity contribution < 1.29 is 22.7 Å². The number of sulfonamides is 1. The summed E-state index contributed by atoms with van der Waals surface area (Å²) in [5.74, 6) is 1.18. The summed E-state index contributed by atoms with van der Waals surface area (Å²) in [5.41, 5.74) is 0.956. The van der Waals surface area contributed by atoms with E-state index in [0.29, 0.717) is 57.1 Å². The largest absolute Gasteiger partial charge is 0.493 e. The molecule has 1 aliphatic rings. The summed E-state index contributed by atoms with van der Waals surface area (Å²) < 4.78 is 38.0. The highest BCUT2D eigenvalue weighted by molar-refractivity contribution is 7.89. The molecule has 1 amide bonds. The smallest absolute Gasteiger partial charge is 0.244 e. The first-order valence-corrected chi connectivity index (χ1v) is 12.3. The van der Waals surface area contributed by atoms with Gasteiger partial charge in [-0.15, -0.1) is 0 Å². The summed E-state index contributed by atoms with van der Waals surface area (Å²) in [5, 5.41) is 0. The van der Waals surface area contributed by atoms with Crippen LogP contribution in [0.25, 0.3) is 0 Å². The first kappa shape index (κ1) is 24.0. The number of amides is 1. The normalized spacial score (nSPS) is 15.3. The molecule has 1 aromatic carbocycles. The van der Waals surface area contributed by atoms with Gasteiger partial charge in [-0.05, 0) is 56.5 Å². The second-order valence-electron chi connectivity index (χ2n) is 7.64. The number of hydrogen-bond donors (Lipinski definition) is 0. The fraction of sp³-hybridized carbons (Fsp3) is 0.478. The number of carbonyl (C=O) groups excluding carboxylic acids is 1. The van der Waals surface area contributed by atoms with E-state index in [1.54, 1.807) is 25.4 Å². The van der Waals surface area contributed by atoms with Gasteiger partial charge in [0.15, 0.2) is 11.5 Å². The van der Waals surface area contributed by atoms with Crippen molar-refractivity contribution in [2.75, 3.05) is 33.4 Å². The molecule has 2 heterocycles. The van der Waals surface area contributed by atoms with E-state index in [2.05, 4.69) is 4.98 Å². The van der Waals surface area contributed by atoms with Crippen molar-refractivity contribution in [3.63, 3.8) is 0 Å². The highest BCUT2D eigenvalue weighted by Gasteiger charge is 2.33. The molecule has 8 nitrogen and oxygen atoms in total. The summed E-state index contributed by atoms with van der Waals surface area (Å²) in [7, 11) is -1.99. The van der Waals surface area contributed by atoms with Crippen molar-refractivity contribution in [3.8, 4) is 11.5 Å². The standard InChI is InChI=1S/C23H31N3O5S/c1-4-25(17-18-8-9-21(31-5-2)22(15-18)30-3)23(27)19-10-13-26(14-11-19)32(28,29)20-7-6-12-24-16-20/h6-9,12,15-16,19H,4-5,10-11,13-14,17H2,1-3H3. The Labute approximate surface area is 190 Å². The zero-order valence-electron chi connectivity index (χ0n) is 18.9. The van der Waals surface area contributed by atoms with Gasteiger partial charge in [-0.1, -0.05) is 6.07 Å². The van der Waals surface area contributed by atoms with Crippen LogP contribution in [0.1, 0.15) is 32.3 Å². The number of aromatic nitrogens is 1. The van der Waals surface area contributed by atoms with E-state index in [4.69, 9.17) is 9.47 Å². The van der Waals surface area contributed by atoms with Crippen LogP contribution in [-0.2, 0) is 21.4 Å². The van der Waals surface area contributed by atoms with Crippen LogP contribution in [-0.4, -0.2) is 61.9 Å². The highest BCUT2D eigenvalue weighted by Crippen LogP contribution is 2.29. The van der Waals surface area contributed by atoms with E-state index in [1.807, 2.05) is 36.9 Å². The van der Waals surface area contributed by atoms with Crippen LogP contribution < -0.4 is 9.47 Å². The Morgan fingerprint density at radius 2 is 1.94 bits per heavy atom. The highest BCUT2D eigenvalue weighted by atomic mass is 32.2. The quantitative estimate of drug-likeness (QED) is 0.570. The van der Waals surface area contributed by atoms with E-state index in [1.165, 1.54) is 10.5 Å². The summed E-state index contributed by atoms with van der Waals surface area (Å²) in [4.78, 5) is 19.1. The molecule has 0 atom stereocenters. The van der Waals surface area contributed by atoms with E-state index in [0.717, 1.165) is 5.56 Å². The first-order chi connectivity index (χ1) is 15.4. The average Bonchev–Trinajstić information content (AvgIpc) is 2.83. The predicted octanol–water partition coefficient (Wildman–Crippen LogP) is 2.94. The van der Waals surface area contributed by atoms with Crippen LogP contribution >= 0.6 is 0 Å². The molecule has 9 heteroatoms.